The Morgan fingerprint density at radius 2 is 1.46 bits per heavy atom. The molecule has 0 bridgehead atoms. The molecule has 0 radical (unpaired) electrons. The van der Waals surface area contributed by atoms with Crippen LogP contribution in [0.3, 0.4) is 0 Å². The lowest BCUT2D eigenvalue weighted by molar-refractivity contribution is -0.114. The summed E-state index contributed by atoms with van der Waals surface area (Å²) in [5, 5.41) is 5.32. The molecule has 126 valence electrons. The zero-order chi connectivity index (χ0) is 17.7. The summed E-state index contributed by atoms with van der Waals surface area (Å²) in [4.78, 5) is 23.4. The van der Waals surface area contributed by atoms with E-state index in [4.69, 9.17) is 0 Å². The van der Waals surface area contributed by atoms with Gasteiger partial charge in [0, 0.05) is 29.5 Å². The van der Waals surface area contributed by atoms with E-state index < -0.39 is 15.9 Å². The third kappa shape index (κ3) is 5.40. The van der Waals surface area contributed by atoms with E-state index in [0.717, 1.165) is 6.26 Å². The number of carbonyl (C=O) groups excluding carboxylic acids is 2. The molecule has 0 aliphatic heterocycles. The van der Waals surface area contributed by atoms with E-state index in [1.807, 2.05) is 0 Å². The zero-order valence-corrected chi connectivity index (χ0v) is 14.0. The third-order valence-electron chi connectivity index (χ3n) is 2.87. The lowest BCUT2D eigenvalue weighted by Gasteiger charge is -2.09. The van der Waals surface area contributed by atoms with Crippen LogP contribution in [0.15, 0.2) is 48.5 Å². The third-order valence-corrected chi connectivity index (χ3v) is 3.48. The summed E-state index contributed by atoms with van der Waals surface area (Å²) in [6.45, 7) is 1.39. The minimum Gasteiger partial charge on any atom is -0.326 e. The van der Waals surface area contributed by atoms with Crippen LogP contribution in [0, 0.1) is 0 Å². The van der Waals surface area contributed by atoms with Gasteiger partial charge >= 0.3 is 0 Å². The molecule has 2 aromatic carbocycles. The van der Waals surface area contributed by atoms with Crippen LogP contribution in [0.5, 0.6) is 0 Å². The van der Waals surface area contributed by atoms with Crippen molar-refractivity contribution in [1.82, 2.24) is 0 Å². The standard InChI is InChI=1S/C16H17N3O4S/c1-11(20)17-13-6-4-7-14(10-13)18-16(21)12-5-3-8-15(9-12)19-24(2,22)23/h3-10,19H,1-2H3,(H,17,20)(H,18,21). The second-order valence-corrected chi connectivity index (χ2v) is 6.92. The highest BCUT2D eigenvalue weighted by Gasteiger charge is 2.09. The van der Waals surface area contributed by atoms with E-state index in [0.29, 0.717) is 22.6 Å². The molecule has 0 fully saturated rings. The van der Waals surface area contributed by atoms with Crippen LogP contribution in [0.25, 0.3) is 0 Å². The topological polar surface area (TPSA) is 104 Å². The van der Waals surface area contributed by atoms with E-state index in [-0.39, 0.29) is 5.91 Å². The van der Waals surface area contributed by atoms with E-state index in [9.17, 15) is 18.0 Å². The molecule has 2 amide bonds. The van der Waals surface area contributed by atoms with Crippen molar-refractivity contribution in [2.45, 2.75) is 6.92 Å². The first-order valence-corrected chi connectivity index (χ1v) is 8.89. The van der Waals surface area contributed by atoms with Crippen LogP contribution in [-0.4, -0.2) is 26.5 Å². The van der Waals surface area contributed by atoms with Crippen molar-refractivity contribution in [1.29, 1.82) is 0 Å². The molecule has 24 heavy (non-hydrogen) atoms. The van der Waals surface area contributed by atoms with Crippen molar-refractivity contribution >= 4 is 38.9 Å². The highest BCUT2D eigenvalue weighted by atomic mass is 32.2. The number of hydrogen-bond acceptors (Lipinski definition) is 4. The Labute approximate surface area is 140 Å². The molecule has 0 unspecified atom stereocenters. The quantitative estimate of drug-likeness (QED) is 0.771. The minimum absolute atomic E-state index is 0.210. The Balaban J connectivity index is 2.15. The van der Waals surface area contributed by atoms with Gasteiger partial charge in [0.15, 0.2) is 0 Å². The molecular formula is C16H17N3O4S. The Bertz CT molecular complexity index is 878. The van der Waals surface area contributed by atoms with Crippen LogP contribution in [0.4, 0.5) is 17.1 Å². The molecule has 0 atom stereocenters. The maximum absolute atomic E-state index is 12.3. The molecule has 0 aromatic heterocycles. The average Bonchev–Trinajstić information content (AvgIpc) is 2.45. The average molecular weight is 347 g/mol. The highest BCUT2D eigenvalue weighted by molar-refractivity contribution is 7.92. The predicted octanol–water partition coefficient (Wildman–Crippen LogP) is 2.27. The number of rotatable bonds is 5. The molecule has 0 saturated heterocycles. The second-order valence-electron chi connectivity index (χ2n) is 5.17. The first-order valence-electron chi connectivity index (χ1n) is 7.00. The monoisotopic (exact) mass is 347 g/mol. The van der Waals surface area contributed by atoms with Crippen molar-refractivity contribution < 1.29 is 18.0 Å². The Morgan fingerprint density at radius 3 is 2.08 bits per heavy atom. The summed E-state index contributed by atoms with van der Waals surface area (Å²) >= 11 is 0. The van der Waals surface area contributed by atoms with Gasteiger partial charge in [0.05, 0.1) is 6.26 Å². The zero-order valence-electron chi connectivity index (χ0n) is 13.2. The fourth-order valence-electron chi connectivity index (χ4n) is 2.02. The Kier molecular flexibility index (Phi) is 5.20. The maximum atomic E-state index is 12.3. The summed E-state index contributed by atoms with van der Waals surface area (Å²) in [5.41, 5.74) is 1.67. The van der Waals surface area contributed by atoms with Gasteiger partial charge in [-0.15, -0.1) is 0 Å². The van der Waals surface area contributed by atoms with Gasteiger partial charge in [0.25, 0.3) is 5.91 Å². The number of sulfonamides is 1. The Morgan fingerprint density at radius 1 is 0.875 bits per heavy atom. The molecule has 7 nitrogen and oxygen atoms in total. The largest absolute Gasteiger partial charge is 0.326 e. The van der Waals surface area contributed by atoms with E-state index in [1.54, 1.807) is 42.5 Å². The van der Waals surface area contributed by atoms with Gasteiger partial charge in [-0.3, -0.25) is 14.3 Å². The number of benzene rings is 2. The molecule has 3 N–H and O–H groups in total. The predicted molar refractivity (Wildman–Crippen MR) is 93.6 cm³/mol. The lowest BCUT2D eigenvalue weighted by atomic mass is 10.2. The number of amides is 2. The van der Waals surface area contributed by atoms with Crippen LogP contribution in [0.2, 0.25) is 0 Å². The van der Waals surface area contributed by atoms with Crippen LogP contribution in [0.1, 0.15) is 17.3 Å². The number of hydrogen-bond donors (Lipinski definition) is 3. The molecule has 0 heterocycles. The Hall–Kier alpha value is -2.87. The molecule has 2 aromatic rings. The van der Waals surface area contributed by atoms with Crippen LogP contribution >= 0.6 is 0 Å². The second kappa shape index (κ2) is 7.14. The minimum atomic E-state index is -3.42. The molecule has 0 spiro atoms. The molecule has 0 aliphatic carbocycles. The van der Waals surface area contributed by atoms with Crippen molar-refractivity contribution in [2.75, 3.05) is 21.6 Å². The van der Waals surface area contributed by atoms with E-state index >= 15 is 0 Å². The van der Waals surface area contributed by atoms with Gasteiger partial charge in [-0.1, -0.05) is 12.1 Å². The van der Waals surface area contributed by atoms with E-state index in [2.05, 4.69) is 15.4 Å². The molecular weight excluding hydrogens is 330 g/mol. The van der Waals surface area contributed by atoms with Crippen LogP contribution < -0.4 is 15.4 Å². The molecule has 2 rings (SSSR count). The van der Waals surface area contributed by atoms with Gasteiger partial charge < -0.3 is 10.6 Å². The van der Waals surface area contributed by atoms with Crippen molar-refractivity contribution in [2.24, 2.45) is 0 Å². The summed E-state index contributed by atoms with van der Waals surface area (Å²) in [5.74, 6) is -0.606. The maximum Gasteiger partial charge on any atom is 0.255 e. The normalized spacial score (nSPS) is 10.8. The van der Waals surface area contributed by atoms with Crippen molar-refractivity contribution in [3.05, 3.63) is 54.1 Å². The lowest BCUT2D eigenvalue weighted by Crippen LogP contribution is -2.14. The van der Waals surface area contributed by atoms with E-state index in [1.165, 1.54) is 13.0 Å². The van der Waals surface area contributed by atoms with Crippen molar-refractivity contribution in [3.8, 4) is 0 Å². The number of nitrogens with one attached hydrogen (secondary N) is 3. The summed E-state index contributed by atoms with van der Waals surface area (Å²) in [6.07, 6.45) is 1.03. The summed E-state index contributed by atoms with van der Waals surface area (Å²) < 4.78 is 24.8. The van der Waals surface area contributed by atoms with Gasteiger partial charge in [0.1, 0.15) is 0 Å². The summed E-state index contributed by atoms with van der Waals surface area (Å²) in [7, 11) is -3.42. The number of anilines is 3. The first kappa shape index (κ1) is 17.5. The number of carbonyl (C=O) groups is 2. The van der Waals surface area contributed by atoms with Gasteiger partial charge in [-0.2, -0.15) is 0 Å². The highest BCUT2D eigenvalue weighted by Crippen LogP contribution is 2.17. The van der Waals surface area contributed by atoms with Gasteiger partial charge in [0.2, 0.25) is 15.9 Å². The first-order chi connectivity index (χ1) is 11.2. The fourth-order valence-corrected chi connectivity index (χ4v) is 2.57. The summed E-state index contributed by atoms with van der Waals surface area (Å²) in [6, 6.07) is 12.8. The molecule has 0 saturated carbocycles. The smallest absolute Gasteiger partial charge is 0.255 e. The SMILES string of the molecule is CC(=O)Nc1cccc(NC(=O)c2cccc(NS(C)(=O)=O)c2)c1. The van der Waals surface area contributed by atoms with Gasteiger partial charge in [-0.25, -0.2) is 8.42 Å². The molecule has 0 aliphatic rings. The van der Waals surface area contributed by atoms with Crippen LogP contribution in [-0.2, 0) is 14.8 Å². The molecule has 8 heteroatoms. The van der Waals surface area contributed by atoms with Gasteiger partial charge in [-0.05, 0) is 36.4 Å². The van der Waals surface area contributed by atoms with Crippen molar-refractivity contribution in [3.63, 3.8) is 0 Å². The fraction of sp³-hybridized carbons (Fsp3) is 0.125.